The first-order chi connectivity index (χ1) is 15.2. The van der Waals surface area contributed by atoms with E-state index in [1.165, 1.54) is 32.0 Å². The molecule has 0 aliphatic rings. The Morgan fingerprint density at radius 1 is 0.875 bits per heavy atom. The Hall–Kier alpha value is -3.55. The molecule has 0 radical (unpaired) electrons. The minimum Gasteiger partial charge on any atom is -0.507 e. The number of carbonyl (C=O) groups excluding carboxylic acids is 2. The zero-order chi connectivity index (χ0) is 23.7. The van der Waals surface area contributed by atoms with Gasteiger partial charge in [-0.1, -0.05) is 13.3 Å². The van der Waals surface area contributed by atoms with Crippen molar-refractivity contribution in [3.05, 3.63) is 47.0 Å². The number of carbonyl (C=O) groups is 3. The standard InChI is InChI=1S/C24H28O8/c1-4-6-20-21(10-9-19(16(3)26)24(20)29)30-11-5-12-31-22-13-17(32-14-23(27)28)7-8-18(22)15(2)25/h7-10,13,29H,4-6,11-12,14H2,1-3H3,(H,27,28). The van der Waals surface area contributed by atoms with E-state index < -0.39 is 12.6 Å². The molecule has 0 aliphatic carbocycles. The lowest BCUT2D eigenvalue weighted by molar-refractivity contribution is -0.139. The van der Waals surface area contributed by atoms with Gasteiger partial charge in [-0.3, -0.25) is 9.59 Å². The summed E-state index contributed by atoms with van der Waals surface area (Å²) in [5, 5.41) is 19.1. The van der Waals surface area contributed by atoms with Gasteiger partial charge in [-0.25, -0.2) is 4.79 Å². The van der Waals surface area contributed by atoms with E-state index in [1.807, 2.05) is 6.92 Å². The van der Waals surface area contributed by atoms with E-state index in [9.17, 15) is 19.5 Å². The van der Waals surface area contributed by atoms with Gasteiger partial charge >= 0.3 is 5.97 Å². The molecule has 2 N–H and O–H groups in total. The Labute approximate surface area is 186 Å². The Kier molecular flexibility index (Phi) is 9.07. The molecule has 8 nitrogen and oxygen atoms in total. The quantitative estimate of drug-likeness (QED) is 0.351. The zero-order valence-corrected chi connectivity index (χ0v) is 18.5. The van der Waals surface area contributed by atoms with Crippen LogP contribution in [0.3, 0.4) is 0 Å². The van der Waals surface area contributed by atoms with Crippen LogP contribution in [0.1, 0.15) is 59.9 Å². The van der Waals surface area contributed by atoms with Crippen LogP contribution in [0.25, 0.3) is 0 Å². The number of carboxylic acids is 1. The van der Waals surface area contributed by atoms with E-state index in [4.69, 9.17) is 19.3 Å². The van der Waals surface area contributed by atoms with Gasteiger partial charge in [0, 0.05) is 18.1 Å². The molecule has 2 aromatic carbocycles. The summed E-state index contributed by atoms with van der Waals surface area (Å²) in [5.41, 5.74) is 1.23. The van der Waals surface area contributed by atoms with Crippen LogP contribution in [0.2, 0.25) is 0 Å². The van der Waals surface area contributed by atoms with E-state index in [-0.39, 0.29) is 35.2 Å². The Balaban J connectivity index is 1.99. The fourth-order valence-corrected chi connectivity index (χ4v) is 3.10. The second-order valence-electron chi connectivity index (χ2n) is 7.19. The van der Waals surface area contributed by atoms with E-state index >= 15 is 0 Å². The molecule has 2 aromatic rings. The van der Waals surface area contributed by atoms with Crippen molar-refractivity contribution in [2.24, 2.45) is 0 Å². The van der Waals surface area contributed by atoms with E-state index in [2.05, 4.69) is 0 Å². The molecule has 172 valence electrons. The molecule has 0 aromatic heterocycles. The number of phenolic OH excluding ortho intramolecular Hbond substituents is 1. The number of ether oxygens (including phenoxy) is 3. The average Bonchev–Trinajstić information content (AvgIpc) is 2.73. The minimum absolute atomic E-state index is 0.0441. The Morgan fingerprint density at radius 2 is 1.50 bits per heavy atom. The summed E-state index contributed by atoms with van der Waals surface area (Å²) < 4.78 is 16.7. The highest BCUT2D eigenvalue weighted by Crippen LogP contribution is 2.33. The van der Waals surface area contributed by atoms with Gasteiger partial charge in [-0.2, -0.15) is 0 Å². The first-order valence-corrected chi connectivity index (χ1v) is 10.4. The largest absolute Gasteiger partial charge is 0.507 e. The van der Waals surface area contributed by atoms with Crippen molar-refractivity contribution in [2.75, 3.05) is 19.8 Å². The highest BCUT2D eigenvalue weighted by molar-refractivity contribution is 5.97. The van der Waals surface area contributed by atoms with Gasteiger partial charge in [0.25, 0.3) is 0 Å². The topological polar surface area (TPSA) is 119 Å². The minimum atomic E-state index is -1.11. The molecule has 0 unspecified atom stereocenters. The number of carboxylic acid groups (broad SMARTS) is 1. The molecule has 2 rings (SSSR count). The summed E-state index contributed by atoms with van der Waals surface area (Å²) in [6.07, 6.45) is 1.84. The third-order valence-electron chi connectivity index (χ3n) is 4.62. The van der Waals surface area contributed by atoms with Crippen LogP contribution < -0.4 is 14.2 Å². The van der Waals surface area contributed by atoms with E-state index in [1.54, 1.807) is 12.1 Å². The van der Waals surface area contributed by atoms with Gasteiger partial charge in [0.15, 0.2) is 18.2 Å². The summed E-state index contributed by atoms with van der Waals surface area (Å²) in [4.78, 5) is 34.2. The summed E-state index contributed by atoms with van der Waals surface area (Å²) in [6.45, 7) is 4.82. The second kappa shape index (κ2) is 11.7. The van der Waals surface area contributed by atoms with Crippen LogP contribution in [-0.4, -0.2) is 47.6 Å². The van der Waals surface area contributed by atoms with Gasteiger partial charge in [-0.15, -0.1) is 0 Å². The number of hydrogen-bond donors (Lipinski definition) is 2. The van der Waals surface area contributed by atoms with Crippen LogP contribution >= 0.6 is 0 Å². The Morgan fingerprint density at radius 3 is 2.09 bits per heavy atom. The van der Waals surface area contributed by atoms with Gasteiger partial charge < -0.3 is 24.4 Å². The van der Waals surface area contributed by atoms with E-state index in [0.717, 1.165) is 6.42 Å². The van der Waals surface area contributed by atoms with Crippen LogP contribution in [0.4, 0.5) is 0 Å². The van der Waals surface area contributed by atoms with Crippen LogP contribution in [0.5, 0.6) is 23.0 Å². The first-order valence-electron chi connectivity index (χ1n) is 10.4. The maximum absolute atomic E-state index is 11.8. The maximum Gasteiger partial charge on any atom is 0.341 e. The van der Waals surface area contributed by atoms with Crippen molar-refractivity contribution >= 4 is 17.5 Å². The molecule has 0 aliphatic heterocycles. The molecule has 0 saturated carbocycles. The number of rotatable bonds is 13. The lowest BCUT2D eigenvalue weighted by atomic mass is 10.0. The van der Waals surface area contributed by atoms with Gasteiger partial charge in [-0.05, 0) is 44.5 Å². The molecular weight excluding hydrogens is 416 g/mol. The van der Waals surface area contributed by atoms with Crippen molar-refractivity contribution < 1.29 is 38.8 Å². The Bertz CT molecular complexity index is 980. The van der Waals surface area contributed by atoms with Crippen molar-refractivity contribution in [1.29, 1.82) is 0 Å². The lowest BCUT2D eigenvalue weighted by Gasteiger charge is -2.15. The van der Waals surface area contributed by atoms with Crippen LogP contribution in [0, 0.1) is 0 Å². The smallest absolute Gasteiger partial charge is 0.341 e. The highest BCUT2D eigenvalue weighted by atomic mass is 16.5. The molecular formula is C24H28O8. The second-order valence-corrected chi connectivity index (χ2v) is 7.19. The number of Topliss-reactive ketones (excluding diaryl/α,β-unsaturated/α-hetero) is 2. The number of phenols is 1. The molecule has 0 amide bonds. The van der Waals surface area contributed by atoms with Gasteiger partial charge in [0.1, 0.15) is 23.0 Å². The molecule has 0 bridgehead atoms. The fraction of sp³-hybridized carbons (Fsp3) is 0.375. The summed E-state index contributed by atoms with van der Waals surface area (Å²) in [7, 11) is 0. The molecule has 0 heterocycles. The molecule has 8 heteroatoms. The third-order valence-corrected chi connectivity index (χ3v) is 4.62. The predicted octanol–water partition coefficient (Wildman–Crippen LogP) is 4.06. The monoisotopic (exact) mass is 444 g/mol. The van der Waals surface area contributed by atoms with Crippen molar-refractivity contribution in [2.45, 2.75) is 40.0 Å². The van der Waals surface area contributed by atoms with Crippen LogP contribution in [0.15, 0.2) is 30.3 Å². The fourth-order valence-electron chi connectivity index (χ4n) is 3.10. The molecule has 0 atom stereocenters. The normalized spacial score (nSPS) is 10.5. The number of aromatic hydroxyl groups is 1. The molecule has 0 fully saturated rings. The number of benzene rings is 2. The third kappa shape index (κ3) is 6.73. The predicted molar refractivity (Wildman–Crippen MR) is 117 cm³/mol. The molecule has 0 spiro atoms. The van der Waals surface area contributed by atoms with Crippen molar-refractivity contribution in [3.8, 4) is 23.0 Å². The molecule has 32 heavy (non-hydrogen) atoms. The molecule has 0 saturated heterocycles. The SMILES string of the molecule is CCCc1c(OCCCOc2cc(OCC(=O)O)ccc2C(C)=O)ccc(C(C)=O)c1O. The maximum atomic E-state index is 11.8. The number of hydrogen-bond acceptors (Lipinski definition) is 7. The number of aliphatic carboxylic acids is 1. The lowest BCUT2D eigenvalue weighted by Crippen LogP contribution is -2.11. The number of ketones is 2. The summed E-state index contributed by atoms with van der Waals surface area (Å²) in [6, 6.07) is 7.76. The van der Waals surface area contributed by atoms with Gasteiger partial charge in [0.2, 0.25) is 0 Å². The van der Waals surface area contributed by atoms with Crippen LogP contribution in [-0.2, 0) is 11.2 Å². The van der Waals surface area contributed by atoms with Crippen molar-refractivity contribution in [3.63, 3.8) is 0 Å². The summed E-state index contributed by atoms with van der Waals surface area (Å²) >= 11 is 0. The summed E-state index contributed by atoms with van der Waals surface area (Å²) in [5.74, 6) is -0.448. The van der Waals surface area contributed by atoms with E-state index in [0.29, 0.717) is 42.1 Å². The first kappa shape index (κ1) is 24.7. The highest BCUT2D eigenvalue weighted by Gasteiger charge is 2.16. The van der Waals surface area contributed by atoms with Gasteiger partial charge in [0.05, 0.1) is 24.3 Å². The average molecular weight is 444 g/mol. The van der Waals surface area contributed by atoms with Crippen molar-refractivity contribution in [1.82, 2.24) is 0 Å². The zero-order valence-electron chi connectivity index (χ0n) is 18.5.